The molecule has 0 aliphatic carbocycles. The predicted molar refractivity (Wildman–Crippen MR) is 124 cm³/mol. The Balaban J connectivity index is 1.68. The lowest BCUT2D eigenvalue weighted by atomic mass is 9.78. The number of hydrogen-bond donors (Lipinski definition) is 0. The van der Waals surface area contributed by atoms with Crippen LogP contribution in [-0.4, -0.2) is 16.6 Å². The standard InChI is InChI=1S/C28H26FNO2/c1-20-26(23-13-15-24(29)16-14-23)30(19-21-9-5-3-6-10-21)27(32)28(20,2)18-17-25(31)22-11-7-4-8-12-22/h3-16H,17-19H2,1-2H3. The molecule has 3 aromatic rings. The van der Waals surface area contributed by atoms with E-state index in [1.165, 1.54) is 12.1 Å². The SMILES string of the molecule is CC1=C(c2ccc(F)cc2)N(Cc2ccccc2)C(=O)C1(C)CCC(=O)c1ccccc1. The van der Waals surface area contributed by atoms with Gasteiger partial charge in [-0.3, -0.25) is 9.59 Å². The molecule has 0 saturated carbocycles. The van der Waals surface area contributed by atoms with Gasteiger partial charge in [0.1, 0.15) is 5.82 Å². The summed E-state index contributed by atoms with van der Waals surface area (Å²) in [6.45, 7) is 4.29. The van der Waals surface area contributed by atoms with Gasteiger partial charge in [-0.15, -0.1) is 0 Å². The maximum atomic E-state index is 13.7. The minimum absolute atomic E-state index is 0.0252. The molecule has 1 aliphatic rings. The van der Waals surface area contributed by atoms with Crippen molar-refractivity contribution in [3.63, 3.8) is 0 Å². The van der Waals surface area contributed by atoms with E-state index in [9.17, 15) is 14.0 Å². The Bertz CT molecular complexity index is 1150. The van der Waals surface area contributed by atoms with Gasteiger partial charge in [-0.1, -0.05) is 60.7 Å². The van der Waals surface area contributed by atoms with Gasteiger partial charge in [-0.25, -0.2) is 4.39 Å². The molecule has 0 fully saturated rings. The Morgan fingerprint density at radius 3 is 2.12 bits per heavy atom. The van der Waals surface area contributed by atoms with Gasteiger partial charge in [0.15, 0.2) is 5.78 Å². The third-order valence-corrected chi connectivity index (χ3v) is 6.42. The molecule has 32 heavy (non-hydrogen) atoms. The first-order valence-corrected chi connectivity index (χ1v) is 10.8. The maximum absolute atomic E-state index is 13.7. The fourth-order valence-corrected chi connectivity index (χ4v) is 4.35. The second kappa shape index (κ2) is 8.91. The quantitative estimate of drug-likeness (QED) is 0.417. The van der Waals surface area contributed by atoms with Crippen molar-refractivity contribution in [2.24, 2.45) is 5.41 Å². The van der Waals surface area contributed by atoms with Gasteiger partial charge < -0.3 is 4.90 Å². The average molecular weight is 428 g/mol. The fraction of sp³-hybridized carbons (Fsp3) is 0.214. The van der Waals surface area contributed by atoms with Crippen LogP contribution in [0.4, 0.5) is 4.39 Å². The van der Waals surface area contributed by atoms with Crippen molar-refractivity contribution in [2.45, 2.75) is 33.2 Å². The summed E-state index contributed by atoms with van der Waals surface area (Å²) in [5.41, 5.74) is 3.37. The lowest BCUT2D eigenvalue weighted by Crippen LogP contribution is -2.35. The number of benzene rings is 3. The predicted octanol–water partition coefficient (Wildman–Crippen LogP) is 6.27. The molecule has 0 bridgehead atoms. The zero-order valence-electron chi connectivity index (χ0n) is 18.3. The van der Waals surface area contributed by atoms with Gasteiger partial charge in [0.2, 0.25) is 5.91 Å². The van der Waals surface area contributed by atoms with Crippen LogP contribution in [0.25, 0.3) is 5.70 Å². The van der Waals surface area contributed by atoms with E-state index in [1.807, 2.05) is 62.4 Å². The molecule has 3 nitrogen and oxygen atoms in total. The maximum Gasteiger partial charge on any atom is 0.237 e. The number of carbonyl (C=O) groups excluding carboxylic acids is 2. The van der Waals surface area contributed by atoms with Crippen LogP contribution in [0, 0.1) is 11.2 Å². The second-order valence-corrected chi connectivity index (χ2v) is 8.48. The van der Waals surface area contributed by atoms with Crippen LogP contribution in [0.5, 0.6) is 0 Å². The van der Waals surface area contributed by atoms with E-state index in [-0.39, 0.29) is 23.9 Å². The highest BCUT2D eigenvalue weighted by atomic mass is 19.1. The van der Waals surface area contributed by atoms with Crippen LogP contribution < -0.4 is 0 Å². The van der Waals surface area contributed by atoms with Crippen LogP contribution in [0.1, 0.15) is 48.2 Å². The van der Waals surface area contributed by atoms with Crippen molar-refractivity contribution < 1.29 is 14.0 Å². The third kappa shape index (κ3) is 4.13. The van der Waals surface area contributed by atoms with Crippen molar-refractivity contribution in [1.82, 2.24) is 4.90 Å². The number of rotatable bonds is 7. The summed E-state index contributed by atoms with van der Waals surface area (Å²) in [7, 11) is 0. The molecule has 0 aromatic heterocycles. The number of nitrogens with zero attached hydrogens (tertiary/aromatic N) is 1. The van der Waals surface area contributed by atoms with Gasteiger partial charge >= 0.3 is 0 Å². The fourth-order valence-electron chi connectivity index (χ4n) is 4.35. The molecule has 1 atom stereocenters. The number of Topliss-reactive ketones (excluding diaryl/α,β-unsaturated/α-hetero) is 1. The van der Waals surface area contributed by atoms with E-state index in [2.05, 4.69) is 0 Å². The van der Waals surface area contributed by atoms with E-state index in [4.69, 9.17) is 0 Å². The smallest absolute Gasteiger partial charge is 0.237 e. The molecule has 0 N–H and O–H groups in total. The largest absolute Gasteiger partial charge is 0.307 e. The summed E-state index contributed by atoms with van der Waals surface area (Å²) >= 11 is 0. The van der Waals surface area contributed by atoms with Crippen LogP contribution >= 0.6 is 0 Å². The number of hydrogen-bond acceptors (Lipinski definition) is 2. The van der Waals surface area contributed by atoms with Crippen LogP contribution in [0.15, 0.2) is 90.5 Å². The van der Waals surface area contributed by atoms with E-state index >= 15 is 0 Å². The highest BCUT2D eigenvalue weighted by Crippen LogP contribution is 2.47. The van der Waals surface area contributed by atoms with E-state index in [0.29, 0.717) is 18.5 Å². The molecule has 3 aromatic carbocycles. The Morgan fingerprint density at radius 1 is 0.906 bits per heavy atom. The molecular weight excluding hydrogens is 401 g/mol. The first-order chi connectivity index (χ1) is 15.4. The molecular formula is C28H26FNO2. The number of amides is 1. The third-order valence-electron chi connectivity index (χ3n) is 6.42. The molecule has 0 saturated heterocycles. The van der Waals surface area contributed by atoms with Crippen molar-refractivity contribution >= 4 is 17.4 Å². The summed E-state index contributed by atoms with van der Waals surface area (Å²) in [4.78, 5) is 28.3. The highest BCUT2D eigenvalue weighted by molar-refractivity contribution is 6.01. The molecule has 4 rings (SSSR count). The summed E-state index contributed by atoms with van der Waals surface area (Å²) in [6, 6.07) is 25.2. The Morgan fingerprint density at radius 2 is 1.50 bits per heavy atom. The van der Waals surface area contributed by atoms with Crippen molar-refractivity contribution in [3.8, 4) is 0 Å². The minimum Gasteiger partial charge on any atom is -0.307 e. The molecule has 0 spiro atoms. The highest BCUT2D eigenvalue weighted by Gasteiger charge is 2.47. The van der Waals surface area contributed by atoms with Gasteiger partial charge in [0, 0.05) is 12.0 Å². The first kappa shape index (κ1) is 21.7. The lowest BCUT2D eigenvalue weighted by molar-refractivity contribution is -0.134. The lowest BCUT2D eigenvalue weighted by Gasteiger charge is -2.26. The van der Waals surface area contributed by atoms with Gasteiger partial charge in [0.05, 0.1) is 17.7 Å². The van der Waals surface area contributed by atoms with Crippen molar-refractivity contribution in [1.29, 1.82) is 0 Å². The minimum atomic E-state index is -0.803. The molecule has 1 unspecified atom stereocenters. The molecule has 162 valence electrons. The molecule has 1 heterocycles. The summed E-state index contributed by atoms with van der Waals surface area (Å²) < 4.78 is 13.6. The van der Waals surface area contributed by atoms with Gasteiger partial charge in [0.25, 0.3) is 0 Å². The summed E-state index contributed by atoms with van der Waals surface area (Å²) in [5, 5.41) is 0. The Labute approximate surface area is 188 Å². The summed E-state index contributed by atoms with van der Waals surface area (Å²) in [5.74, 6) is -0.321. The number of carbonyl (C=O) groups is 2. The topological polar surface area (TPSA) is 37.4 Å². The zero-order chi connectivity index (χ0) is 22.7. The monoisotopic (exact) mass is 427 g/mol. The number of ketones is 1. The van der Waals surface area contributed by atoms with Crippen molar-refractivity contribution in [2.75, 3.05) is 0 Å². The average Bonchev–Trinajstić information content (AvgIpc) is 3.00. The van der Waals surface area contributed by atoms with E-state index in [0.717, 1.165) is 22.4 Å². The van der Waals surface area contributed by atoms with Gasteiger partial charge in [-0.2, -0.15) is 0 Å². The van der Waals surface area contributed by atoms with E-state index in [1.54, 1.807) is 29.2 Å². The molecule has 4 heteroatoms. The molecule has 1 aliphatic heterocycles. The normalized spacial score (nSPS) is 18.3. The van der Waals surface area contributed by atoms with E-state index < -0.39 is 5.41 Å². The zero-order valence-corrected chi connectivity index (χ0v) is 18.3. The van der Waals surface area contributed by atoms with Crippen LogP contribution in [-0.2, 0) is 11.3 Å². The Kier molecular flexibility index (Phi) is 6.04. The second-order valence-electron chi connectivity index (χ2n) is 8.48. The summed E-state index contributed by atoms with van der Waals surface area (Å²) in [6.07, 6.45) is 0.695. The molecule has 1 amide bonds. The first-order valence-electron chi connectivity index (χ1n) is 10.8. The van der Waals surface area contributed by atoms with Gasteiger partial charge in [-0.05, 0) is 61.2 Å². The Hall–Kier alpha value is -3.53. The van der Waals surface area contributed by atoms with Crippen LogP contribution in [0.2, 0.25) is 0 Å². The molecule has 0 radical (unpaired) electrons. The van der Waals surface area contributed by atoms with Crippen molar-refractivity contribution in [3.05, 3.63) is 113 Å². The van der Waals surface area contributed by atoms with Crippen LogP contribution in [0.3, 0.4) is 0 Å². The number of halogens is 1.